The Labute approximate surface area is 54.2 Å². The quantitative estimate of drug-likeness (QED) is 0.321. The fraction of sp³-hybridized carbons (Fsp3) is 0.286. The van der Waals surface area contributed by atoms with Crippen LogP contribution >= 0.6 is 0 Å². The maximum absolute atomic E-state index is 8.31. The van der Waals surface area contributed by atoms with Crippen molar-refractivity contribution in [3.63, 3.8) is 0 Å². The van der Waals surface area contributed by atoms with Crippen molar-refractivity contribution in [1.82, 2.24) is 0 Å². The van der Waals surface area contributed by atoms with Gasteiger partial charge in [-0.3, -0.25) is 0 Å². The van der Waals surface area contributed by atoms with Crippen LogP contribution in [0.4, 0.5) is 0 Å². The lowest BCUT2D eigenvalue weighted by atomic mass is 10.1. The zero-order valence-corrected chi connectivity index (χ0v) is 5.33. The van der Waals surface area contributed by atoms with Gasteiger partial charge >= 0.3 is 0 Å². The number of nitrogens with zero attached hydrogens (tertiary/aromatic N) is 1. The summed E-state index contributed by atoms with van der Waals surface area (Å²) in [7, 11) is 0. The van der Waals surface area contributed by atoms with Crippen LogP contribution in [0.3, 0.4) is 0 Å². The Hall–Kier alpha value is -1.05. The van der Waals surface area contributed by atoms with E-state index in [-0.39, 0.29) is 0 Å². The highest BCUT2D eigenvalue weighted by atomic mass is 16.4. The molecular formula is C7H9NO. The minimum Gasteiger partial charge on any atom is -0.411 e. The number of hydrogen-bond acceptors (Lipinski definition) is 2. The van der Waals surface area contributed by atoms with E-state index in [0.29, 0.717) is 5.71 Å². The van der Waals surface area contributed by atoms with E-state index in [0.717, 1.165) is 12.0 Å². The number of oxime groups is 1. The SMILES string of the molecule is C/C(=N/O)C1=CC=CC1. The molecule has 0 aliphatic heterocycles. The molecule has 0 unspecified atom stereocenters. The van der Waals surface area contributed by atoms with Crippen LogP contribution in [0, 0.1) is 0 Å². The van der Waals surface area contributed by atoms with Gasteiger partial charge < -0.3 is 5.21 Å². The van der Waals surface area contributed by atoms with Crippen LogP contribution in [0.5, 0.6) is 0 Å². The molecule has 0 aromatic rings. The molecule has 0 aromatic heterocycles. The van der Waals surface area contributed by atoms with E-state index < -0.39 is 0 Å². The Kier molecular flexibility index (Phi) is 1.68. The van der Waals surface area contributed by atoms with Crippen molar-refractivity contribution in [2.24, 2.45) is 5.16 Å². The van der Waals surface area contributed by atoms with Gasteiger partial charge in [0.05, 0.1) is 5.71 Å². The molecule has 0 saturated heterocycles. The molecule has 0 saturated carbocycles. The van der Waals surface area contributed by atoms with Crippen molar-refractivity contribution in [3.8, 4) is 0 Å². The fourth-order valence-electron chi connectivity index (χ4n) is 0.780. The van der Waals surface area contributed by atoms with Gasteiger partial charge in [-0.25, -0.2) is 0 Å². The summed E-state index contributed by atoms with van der Waals surface area (Å²) in [6.45, 7) is 1.79. The first kappa shape index (κ1) is 6.08. The highest BCUT2D eigenvalue weighted by Crippen LogP contribution is 2.11. The summed E-state index contributed by atoms with van der Waals surface area (Å²) in [5, 5.41) is 11.4. The summed E-state index contributed by atoms with van der Waals surface area (Å²) >= 11 is 0. The Morgan fingerprint density at radius 2 is 2.56 bits per heavy atom. The molecule has 48 valence electrons. The molecule has 0 amide bonds. The van der Waals surface area contributed by atoms with Crippen molar-refractivity contribution in [2.45, 2.75) is 13.3 Å². The van der Waals surface area contributed by atoms with E-state index in [1.807, 2.05) is 18.2 Å². The van der Waals surface area contributed by atoms with Crippen molar-refractivity contribution in [3.05, 3.63) is 23.8 Å². The molecule has 0 heterocycles. The maximum atomic E-state index is 8.31. The lowest BCUT2D eigenvalue weighted by molar-refractivity contribution is 0.319. The second-order valence-electron chi connectivity index (χ2n) is 2.01. The van der Waals surface area contributed by atoms with Crippen LogP contribution in [0.15, 0.2) is 29.0 Å². The molecule has 0 spiro atoms. The van der Waals surface area contributed by atoms with Gasteiger partial charge in [-0.2, -0.15) is 0 Å². The second kappa shape index (κ2) is 2.49. The normalized spacial score (nSPS) is 18.3. The largest absolute Gasteiger partial charge is 0.411 e. The third-order valence-electron chi connectivity index (χ3n) is 1.39. The molecule has 0 aromatic carbocycles. The Morgan fingerprint density at radius 1 is 1.78 bits per heavy atom. The first-order valence-electron chi connectivity index (χ1n) is 2.89. The summed E-state index contributed by atoms with van der Waals surface area (Å²) in [5.41, 5.74) is 1.80. The third-order valence-corrected chi connectivity index (χ3v) is 1.39. The molecule has 0 fully saturated rings. The van der Waals surface area contributed by atoms with Crippen LogP contribution in [-0.4, -0.2) is 10.9 Å². The summed E-state index contributed by atoms with van der Waals surface area (Å²) in [6, 6.07) is 0. The second-order valence-corrected chi connectivity index (χ2v) is 2.01. The summed E-state index contributed by atoms with van der Waals surface area (Å²) in [5.74, 6) is 0. The first-order valence-corrected chi connectivity index (χ1v) is 2.89. The minimum absolute atomic E-state index is 0.708. The summed E-state index contributed by atoms with van der Waals surface area (Å²) in [6.07, 6.45) is 6.85. The van der Waals surface area contributed by atoms with Gasteiger partial charge in [0.15, 0.2) is 0 Å². The minimum atomic E-state index is 0.708. The van der Waals surface area contributed by atoms with E-state index in [2.05, 4.69) is 5.16 Å². The van der Waals surface area contributed by atoms with Gasteiger partial charge in [-0.1, -0.05) is 23.4 Å². The zero-order valence-electron chi connectivity index (χ0n) is 5.33. The van der Waals surface area contributed by atoms with E-state index in [9.17, 15) is 0 Å². The average molecular weight is 123 g/mol. The molecule has 0 radical (unpaired) electrons. The van der Waals surface area contributed by atoms with Crippen molar-refractivity contribution >= 4 is 5.71 Å². The molecule has 1 N–H and O–H groups in total. The predicted octanol–water partition coefficient (Wildman–Crippen LogP) is 1.72. The molecule has 1 rings (SSSR count). The average Bonchev–Trinajstić information content (AvgIpc) is 2.37. The zero-order chi connectivity index (χ0) is 6.69. The van der Waals surface area contributed by atoms with E-state index >= 15 is 0 Å². The topological polar surface area (TPSA) is 32.6 Å². The van der Waals surface area contributed by atoms with Crippen molar-refractivity contribution < 1.29 is 5.21 Å². The van der Waals surface area contributed by atoms with Gasteiger partial charge in [0.2, 0.25) is 0 Å². The van der Waals surface area contributed by atoms with Crippen LogP contribution < -0.4 is 0 Å². The monoisotopic (exact) mass is 123 g/mol. The van der Waals surface area contributed by atoms with Gasteiger partial charge in [0.25, 0.3) is 0 Å². The number of allylic oxidation sites excluding steroid dienone is 4. The molecule has 1 aliphatic carbocycles. The van der Waals surface area contributed by atoms with Crippen LogP contribution in [0.1, 0.15) is 13.3 Å². The van der Waals surface area contributed by atoms with Crippen LogP contribution in [0.2, 0.25) is 0 Å². The lowest BCUT2D eigenvalue weighted by Crippen LogP contribution is -1.93. The van der Waals surface area contributed by atoms with E-state index in [1.165, 1.54) is 0 Å². The molecular weight excluding hydrogens is 114 g/mol. The van der Waals surface area contributed by atoms with E-state index in [1.54, 1.807) is 6.92 Å². The highest BCUT2D eigenvalue weighted by Gasteiger charge is 2.01. The van der Waals surface area contributed by atoms with Crippen molar-refractivity contribution in [1.29, 1.82) is 0 Å². The molecule has 0 atom stereocenters. The maximum Gasteiger partial charge on any atom is 0.0799 e. The Bertz CT molecular complexity index is 189. The smallest absolute Gasteiger partial charge is 0.0799 e. The predicted molar refractivity (Wildman–Crippen MR) is 36.7 cm³/mol. The van der Waals surface area contributed by atoms with Gasteiger partial charge in [0.1, 0.15) is 0 Å². The standard InChI is InChI=1S/C7H9NO/c1-6(8-9)7-4-2-3-5-7/h2-4,9H,5H2,1H3/b8-6-. The van der Waals surface area contributed by atoms with Crippen molar-refractivity contribution in [2.75, 3.05) is 0 Å². The molecule has 2 nitrogen and oxygen atoms in total. The molecule has 2 heteroatoms. The van der Waals surface area contributed by atoms with Gasteiger partial charge in [0, 0.05) is 0 Å². The fourth-order valence-corrected chi connectivity index (χ4v) is 0.780. The van der Waals surface area contributed by atoms with Crippen LogP contribution in [-0.2, 0) is 0 Å². The number of rotatable bonds is 1. The Morgan fingerprint density at radius 3 is 3.00 bits per heavy atom. The summed E-state index contributed by atoms with van der Waals surface area (Å²) < 4.78 is 0. The van der Waals surface area contributed by atoms with Crippen LogP contribution in [0.25, 0.3) is 0 Å². The summed E-state index contributed by atoms with van der Waals surface area (Å²) in [4.78, 5) is 0. The van der Waals surface area contributed by atoms with Gasteiger partial charge in [-0.05, 0) is 18.9 Å². The molecule has 0 bridgehead atoms. The molecule has 9 heavy (non-hydrogen) atoms. The van der Waals surface area contributed by atoms with E-state index in [4.69, 9.17) is 5.21 Å². The van der Waals surface area contributed by atoms with Gasteiger partial charge in [-0.15, -0.1) is 0 Å². The third kappa shape index (κ3) is 1.19. The highest BCUT2D eigenvalue weighted by molar-refractivity contribution is 5.98. The number of hydrogen-bond donors (Lipinski definition) is 1. The first-order chi connectivity index (χ1) is 4.34. The lowest BCUT2D eigenvalue weighted by Gasteiger charge is -1.94. The Balaban J connectivity index is 2.66. The molecule has 1 aliphatic rings.